The molecule has 0 unspecified atom stereocenters. The molecule has 1 atom stereocenters. The standard InChI is InChI=1S/C18H14F4N2O/c19-12-5-3-4-11(8-12)16(25)10-23-15-9-17(18(20,21)22)24-14-7-2-1-6-13(14)15/h1-9,16,25H,10H2,(H,23,24)/t16-/m1/s1. The Kier molecular flexibility index (Phi) is 4.59. The molecule has 0 aliphatic carbocycles. The van der Waals surface area contributed by atoms with Crippen LogP contribution in [0.15, 0.2) is 54.6 Å². The molecule has 130 valence electrons. The molecule has 25 heavy (non-hydrogen) atoms. The van der Waals surface area contributed by atoms with E-state index in [4.69, 9.17) is 0 Å². The van der Waals surface area contributed by atoms with Crippen LogP contribution >= 0.6 is 0 Å². The van der Waals surface area contributed by atoms with E-state index in [1.807, 2.05) is 0 Å². The maximum absolute atomic E-state index is 13.2. The number of aliphatic hydroxyl groups is 1. The van der Waals surface area contributed by atoms with Crippen LogP contribution in [0.2, 0.25) is 0 Å². The predicted molar refractivity (Wildman–Crippen MR) is 86.6 cm³/mol. The van der Waals surface area contributed by atoms with Crippen LogP contribution in [0.4, 0.5) is 23.2 Å². The van der Waals surface area contributed by atoms with Crippen molar-refractivity contribution in [3.05, 3.63) is 71.7 Å². The van der Waals surface area contributed by atoms with Gasteiger partial charge in [0.1, 0.15) is 11.5 Å². The van der Waals surface area contributed by atoms with Gasteiger partial charge in [-0.2, -0.15) is 13.2 Å². The maximum atomic E-state index is 13.2. The van der Waals surface area contributed by atoms with Gasteiger partial charge < -0.3 is 10.4 Å². The van der Waals surface area contributed by atoms with Crippen LogP contribution in [0.1, 0.15) is 17.4 Å². The van der Waals surface area contributed by atoms with E-state index < -0.39 is 23.8 Å². The molecule has 1 aromatic heterocycles. The van der Waals surface area contributed by atoms with Gasteiger partial charge in [-0.05, 0) is 29.8 Å². The highest BCUT2D eigenvalue weighted by Crippen LogP contribution is 2.33. The minimum absolute atomic E-state index is 0.0746. The van der Waals surface area contributed by atoms with E-state index in [0.717, 1.165) is 6.07 Å². The number of anilines is 1. The number of nitrogens with zero attached hydrogens (tertiary/aromatic N) is 1. The molecular weight excluding hydrogens is 336 g/mol. The molecule has 3 aromatic rings. The summed E-state index contributed by atoms with van der Waals surface area (Å²) in [5, 5.41) is 13.4. The van der Waals surface area contributed by atoms with Crippen molar-refractivity contribution in [3.8, 4) is 0 Å². The number of hydrogen-bond donors (Lipinski definition) is 2. The van der Waals surface area contributed by atoms with Gasteiger partial charge >= 0.3 is 6.18 Å². The molecule has 3 nitrogen and oxygen atoms in total. The average Bonchev–Trinajstić information content (AvgIpc) is 2.58. The highest BCUT2D eigenvalue weighted by Gasteiger charge is 2.33. The zero-order valence-electron chi connectivity index (χ0n) is 12.9. The van der Waals surface area contributed by atoms with Crippen molar-refractivity contribution in [3.63, 3.8) is 0 Å². The van der Waals surface area contributed by atoms with Crippen molar-refractivity contribution in [1.29, 1.82) is 0 Å². The lowest BCUT2D eigenvalue weighted by atomic mass is 10.1. The molecular formula is C18H14F4N2O. The second-order valence-electron chi connectivity index (χ2n) is 5.52. The number of para-hydroxylation sites is 1. The average molecular weight is 350 g/mol. The fourth-order valence-electron chi connectivity index (χ4n) is 2.51. The van der Waals surface area contributed by atoms with E-state index in [1.165, 1.54) is 24.3 Å². The summed E-state index contributed by atoms with van der Waals surface area (Å²) in [7, 11) is 0. The van der Waals surface area contributed by atoms with E-state index in [9.17, 15) is 22.7 Å². The number of hydrogen-bond acceptors (Lipinski definition) is 3. The predicted octanol–water partition coefficient (Wildman–Crippen LogP) is 4.54. The summed E-state index contributed by atoms with van der Waals surface area (Å²) in [5.74, 6) is -0.495. The highest BCUT2D eigenvalue weighted by molar-refractivity contribution is 5.91. The summed E-state index contributed by atoms with van der Waals surface area (Å²) in [4.78, 5) is 3.63. The van der Waals surface area contributed by atoms with Gasteiger partial charge in [0, 0.05) is 17.6 Å². The van der Waals surface area contributed by atoms with E-state index in [0.29, 0.717) is 10.9 Å². The lowest BCUT2D eigenvalue weighted by Crippen LogP contribution is -2.14. The van der Waals surface area contributed by atoms with E-state index in [1.54, 1.807) is 24.3 Å². The van der Waals surface area contributed by atoms with Gasteiger partial charge in [0.2, 0.25) is 0 Å². The summed E-state index contributed by atoms with van der Waals surface area (Å²) < 4.78 is 52.3. The fraction of sp³-hybridized carbons (Fsp3) is 0.167. The molecule has 0 amide bonds. The molecule has 2 aromatic carbocycles. The fourth-order valence-corrected chi connectivity index (χ4v) is 2.51. The molecule has 7 heteroatoms. The van der Waals surface area contributed by atoms with E-state index in [-0.39, 0.29) is 17.7 Å². The molecule has 3 rings (SSSR count). The third-order valence-electron chi connectivity index (χ3n) is 3.73. The van der Waals surface area contributed by atoms with Crippen molar-refractivity contribution < 1.29 is 22.7 Å². The topological polar surface area (TPSA) is 45.1 Å². The molecule has 0 spiro atoms. The summed E-state index contributed by atoms with van der Waals surface area (Å²) in [5.41, 5.74) is -0.288. The van der Waals surface area contributed by atoms with Gasteiger partial charge in [0.25, 0.3) is 0 Å². The van der Waals surface area contributed by atoms with Gasteiger partial charge in [0.15, 0.2) is 0 Å². The molecule has 0 aliphatic rings. The largest absolute Gasteiger partial charge is 0.433 e. The van der Waals surface area contributed by atoms with Gasteiger partial charge in [-0.3, -0.25) is 0 Å². The Bertz CT molecular complexity index is 896. The molecule has 1 heterocycles. The second kappa shape index (κ2) is 6.68. The number of aromatic nitrogens is 1. The summed E-state index contributed by atoms with van der Waals surface area (Å²) in [6.45, 7) is -0.0746. The molecule has 0 saturated heterocycles. The number of benzene rings is 2. The Hall–Kier alpha value is -2.67. The van der Waals surface area contributed by atoms with Gasteiger partial charge in [-0.15, -0.1) is 0 Å². The Balaban J connectivity index is 1.90. The lowest BCUT2D eigenvalue weighted by Gasteiger charge is -2.16. The zero-order valence-corrected chi connectivity index (χ0v) is 12.9. The van der Waals surface area contributed by atoms with Gasteiger partial charge in [-0.1, -0.05) is 30.3 Å². The van der Waals surface area contributed by atoms with Crippen molar-refractivity contribution in [2.75, 3.05) is 11.9 Å². The molecule has 0 radical (unpaired) electrons. The highest BCUT2D eigenvalue weighted by atomic mass is 19.4. The first-order chi connectivity index (χ1) is 11.8. The van der Waals surface area contributed by atoms with Crippen LogP contribution in [0.3, 0.4) is 0 Å². The number of fused-ring (bicyclic) bond motifs is 1. The molecule has 0 saturated carbocycles. The van der Waals surface area contributed by atoms with Crippen molar-refractivity contribution in [2.24, 2.45) is 0 Å². The number of nitrogens with one attached hydrogen (secondary N) is 1. The van der Waals surface area contributed by atoms with Gasteiger partial charge in [0.05, 0.1) is 11.6 Å². The Morgan fingerprint density at radius 1 is 1.04 bits per heavy atom. The first-order valence-electron chi connectivity index (χ1n) is 7.49. The van der Waals surface area contributed by atoms with Crippen LogP contribution in [0.25, 0.3) is 10.9 Å². The zero-order chi connectivity index (χ0) is 18.0. The van der Waals surface area contributed by atoms with Crippen LogP contribution in [-0.4, -0.2) is 16.6 Å². The summed E-state index contributed by atoms with van der Waals surface area (Å²) >= 11 is 0. The lowest BCUT2D eigenvalue weighted by molar-refractivity contribution is -0.140. The molecule has 0 aliphatic heterocycles. The van der Waals surface area contributed by atoms with Crippen LogP contribution < -0.4 is 5.32 Å². The SMILES string of the molecule is O[C@H](CNc1cc(C(F)(F)F)nc2ccccc12)c1cccc(F)c1. The van der Waals surface area contributed by atoms with Crippen LogP contribution in [0.5, 0.6) is 0 Å². The second-order valence-corrected chi connectivity index (χ2v) is 5.52. The quantitative estimate of drug-likeness (QED) is 0.679. The Morgan fingerprint density at radius 2 is 1.80 bits per heavy atom. The monoisotopic (exact) mass is 350 g/mol. The number of aliphatic hydroxyl groups excluding tert-OH is 1. The maximum Gasteiger partial charge on any atom is 0.433 e. The van der Waals surface area contributed by atoms with Crippen molar-refractivity contribution in [2.45, 2.75) is 12.3 Å². The number of pyridine rings is 1. The number of halogens is 4. The molecule has 0 bridgehead atoms. The van der Waals surface area contributed by atoms with Crippen molar-refractivity contribution in [1.82, 2.24) is 4.98 Å². The first-order valence-corrected chi connectivity index (χ1v) is 7.49. The Morgan fingerprint density at radius 3 is 2.52 bits per heavy atom. The minimum Gasteiger partial charge on any atom is -0.387 e. The molecule has 2 N–H and O–H groups in total. The van der Waals surface area contributed by atoms with Crippen molar-refractivity contribution >= 4 is 16.6 Å². The number of alkyl halides is 3. The first kappa shape index (κ1) is 17.2. The minimum atomic E-state index is -4.58. The van der Waals surface area contributed by atoms with E-state index in [2.05, 4.69) is 10.3 Å². The molecule has 0 fully saturated rings. The summed E-state index contributed by atoms with van der Waals surface area (Å²) in [6, 6.07) is 12.7. The van der Waals surface area contributed by atoms with E-state index >= 15 is 0 Å². The third-order valence-corrected chi connectivity index (χ3v) is 3.73. The summed E-state index contributed by atoms with van der Waals surface area (Å²) in [6.07, 6.45) is -5.65. The number of rotatable bonds is 4. The Labute approximate surface area is 140 Å². The normalized spacial score (nSPS) is 13.0. The smallest absolute Gasteiger partial charge is 0.387 e. The van der Waals surface area contributed by atoms with Crippen LogP contribution in [0, 0.1) is 5.82 Å². The third kappa shape index (κ3) is 3.88. The van der Waals surface area contributed by atoms with Gasteiger partial charge in [-0.25, -0.2) is 9.37 Å². The van der Waals surface area contributed by atoms with Crippen LogP contribution in [-0.2, 0) is 6.18 Å².